The fourth-order valence-electron chi connectivity index (χ4n) is 4.48. The van der Waals surface area contributed by atoms with Gasteiger partial charge in [0.1, 0.15) is 0 Å². The van der Waals surface area contributed by atoms with Crippen molar-refractivity contribution in [3.63, 3.8) is 0 Å². The smallest absolute Gasteiger partial charge is 0.330 e. The third-order valence-electron chi connectivity index (χ3n) is 6.12. The van der Waals surface area contributed by atoms with Crippen molar-refractivity contribution in [2.24, 2.45) is 0 Å². The predicted molar refractivity (Wildman–Crippen MR) is 127 cm³/mol. The Morgan fingerprint density at radius 1 is 1.14 bits per heavy atom. The van der Waals surface area contributed by atoms with E-state index in [0.717, 1.165) is 42.5 Å². The van der Waals surface area contributed by atoms with Crippen LogP contribution < -0.4 is 5.32 Å². The highest BCUT2D eigenvalue weighted by Gasteiger charge is 2.31. The first-order valence-corrected chi connectivity index (χ1v) is 11.4. The maximum Gasteiger partial charge on any atom is 0.416 e. The molecule has 0 unspecified atom stereocenters. The summed E-state index contributed by atoms with van der Waals surface area (Å²) in [5.74, 6) is 4.53. The molecular weight excluding hydrogens is 457 g/mol. The first-order valence-electron chi connectivity index (χ1n) is 11.4. The van der Waals surface area contributed by atoms with Gasteiger partial charge in [0.15, 0.2) is 0 Å². The molecule has 9 heteroatoms. The first kappa shape index (κ1) is 24.3. The number of benzene rings is 2. The van der Waals surface area contributed by atoms with E-state index in [-0.39, 0.29) is 23.5 Å². The van der Waals surface area contributed by atoms with E-state index in [2.05, 4.69) is 22.1 Å². The van der Waals surface area contributed by atoms with E-state index >= 15 is 0 Å². The quantitative estimate of drug-likeness (QED) is 0.523. The summed E-state index contributed by atoms with van der Waals surface area (Å²) in [5, 5.41) is 2.72. The van der Waals surface area contributed by atoms with Crippen molar-refractivity contribution in [1.82, 2.24) is 14.5 Å². The van der Waals surface area contributed by atoms with E-state index in [4.69, 9.17) is 0 Å². The molecule has 1 saturated heterocycles. The molecular formula is C26H25F3N4O2. The van der Waals surface area contributed by atoms with Crippen LogP contribution in [-0.2, 0) is 11.0 Å². The number of alkyl halides is 3. The van der Waals surface area contributed by atoms with Crippen LogP contribution in [0.2, 0.25) is 0 Å². The van der Waals surface area contributed by atoms with E-state index in [9.17, 15) is 22.8 Å². The number of anilines is 1. The Morgan fingerprint density at radius 3 is 2.66 bits per heavy atom. The molecule has 0 radical (unpaired) electrons. The second kappa shape index (κ2) is 9.82. The van der Waals surface area contributed by atoms with Crippen molar-refractivity contribution in [3.8, 4) is 11.8 Å². The molecule has 1 atom stereocenters. The molecule has 2 aromatic carbocycles. The van der Waals surface area contributed by atoms with Crippen LogP contribution >= 0.6 is 0 Å². The number of carbonyl (C=O) groups is 2. The highest BCUT2D eigenvalue weighted by Crippen LogP contribution is 2.33. The van der Waals surface area contributed by atoms with Gasteiger partial charge >= 0.3 is 6.18 Å². The Kier molecular flexibility index (Phi) is 6.83. The molecule has 0 saturated carbocycles. The highest BCUT2D eigenvalue weighted by molar-refractivity contribution is 6.04. The van der Waals surface area contributed by atoms with Crippen LogP contribution in [0.3, 0.4) is 0 Å². The molecule has 1 aliphatic rings. The summed E-state index contributed by atoms with van der Waals surface area (Å²) in [6, 6.07) is 9.69. The van der Waals surface area contributed by atoms with Gasteiger partial charge in [-0.15, -0.1) is 0 Å². The van der Waals surface area contributed by atoms with Gasteiger partial charge in [0.05, 0.1) is 22.6 Å². The number of aromatic nitrogens is 2. The highest BCUT2D eigenvalue weighted by atomic mass is 19.4. The summed E-state index contributed by atoms with van der Waals surface area (Å²) < 4.78 is 41.4. The molecule has 0 spiro atoms. The average Bonchev–Trinajstić information content (AvgIpc) is 3.01. The first-order chi connectivity index (χ1) is 16.7. The Labute approximate surface area is 201 Å². The van der Waals surface area contributed by atoms with Crippen LogP contribution in [0, 0.1) is 18.8 Å². The normalized spacial score (nSPS) is 16.4. The largest absolute Gasteiger partial charge is 0.416 e. The standard InChI is InChI=1S/C26H25F3N4O2/c1-3-8-22(34)32-14-5-4-12-20(16-32)33-23-17(2)9-6-13-21(23)30-25(33)31-24(35)18-10-7-11-19(15-18)26(27,28)29/h6-7,9-11,13,15,20H,4-5,12,14,16H2,1-2H3,(H,30,31,35)/t20-/m1/s1. The van der Waals surface area contributed by atoms with Crippen molar-refractivity contribution in [1.29, 1.82) is 0 Å². The summed E-state index contributed by atoms with van der Waals surface area (Å²) in [4.78, 5) is 31.8. The number of nitrogens with zero attached hydrogens (tertiary/aromatic N) is 3. The van der Waals surface area contributed by atoms with Crippen LogP contribution in [0.1, 0.15) is 53.7 Å². The van der Waals surface area contributed by atoms with E-state index < -0.39 is 17.6 Å². The minimum Gasteiger partial charge on any atom is -0.330 e. The SMILES string of the molecule is CC#CC(=O)N1CCCC[C@@H](n2c(NC(=O)c3cccc(C(F)(F)F)c3)nc3cccc(C)c32)C1. The van der Waals surface area contributed by atoms with Crippen LogP contribution in [0.15, 0.2) is 42.5 Å². The summed E-state index contributed by atoms with van der Waals surface area (Å²) >= 11 is 0. The van der Waals surface area contributed by atoms with E-state index in [1.54, 1.807) is 11.8 Å². The molecule has 3 aromatic rings. The fourth-order valence-corrected chi connectivity index (χ4v) is 4.48. The molecule has 182 valence electrons. The molecule has 6 nitrogen and oxygen atoms in total. The van der Waals surface area contributed by atoms with Gasteiger partial charge in [0.25, 0.3) is 11.8 Å². The van der Waals surface area contributed by atoms with Gasteiger partial charge in [-0.05, 0) is 68.9 Å². The molecule has 1 aromatic heterocycles. The lowest BCUT2D eigenvalue weighted by atomic mass is 10.1. The number of imidazole rings is 1. The number of aryl methyl sites for hydroxylation is 1. The second-order valence-electron chi connectivity index (χ2n) is 8.56. The van der Waals surface area contributed by atoms with Crippen molar-refractivity contribution < 1.29 is 22.8 Å². The molecule has 1 aliphatic heterocycles. The third kappa shape index (κ3) is 5.16. The number of hydrogen-bond donors (Lipinski definition) is 1. The number of fused-ring (bicyclic) bond motifs is 1. The van der Waals surface area contributed by atoms with Gasteiger partial charge in [-0.3, -0.25) is 14.9 Å². The van der Waals surface area contributed by atoms with Gasteiger partial charge in [0.2, 0.25) is 5.95 Å². The molecule has 1 N–H and O–H groups in total. The van der Waals surface area contributed by atoms with Gasteiger partial charge in [-0.2, -0.15) is 13.2 Å². The monoisotopic (exact) mass is 482 g/mol. The summed E-state index contributed by atoms with van der Waals surface area (Å²) in [7, 11) is 0. The van der Waals surface area contributed by atoms with Gasteiger partial charge in [-0.25, -0.2) is 4.98 Å². The number of para-hydroxylation sites is 1. The lowest BCUT2D eigenvalue weighted by molar-refractivity contribution is -0.137. The Bertz CT molecular complexity index is 1330. The molecule has 1 fully saturated rings. The maximum absolute atomic E-state index is 13.2. The van der Waals surface area contributed by atoms with Crippen LogP contribution in [0.5, 0.6) is 0 Å². The summed E-state index contributed by atoms with van der Waals surface area (Å²) in [6.07, 6.45) is -2.13. The van der Waals surface area contributed by atoms with E-state index in [0.29, 0.717) is 18.6 Å². The molecule has 4 rings (SSSR count). The lowest BCUT2D eigenvalue weighted by Gasteiger charge is -2.26. The minimum atomic E-state index is -4.56. The number of carbonyl (C=O) groups excluding carboxylic acids is 2. The Morgan fingerprint density at radius 2 is 1.91 bits per heavy atom. The summed E-state index contributed by atoms with van der Waals surface area (Å²) in [6.45, 7) is 4.52. The Hall–Kier alpha value is -3.80. The number of halogens is 3. The number of nitrogens with one attached hydrogen (secondary N) is 1. The average molecular weight is 483 g/mol. The zero-order chi connectivity index (χ0) is 25.2. The van der Waals surface area contributed by atoms with Crippen LogP contribution in [0.25, 0.3) is 11.0 Å². The molecule has 2 heterocycles. The van der Waals surface area contributed by atoms with E-state index in [1.165, 1.54) is 12.1 Å². The Balaban J connectivity index is 1.74. The lowest BCUT2D eigenvalue weighted by Crippen LogP contribution is -2.35. The molecule has 0 aliphatic carbocycles. The van der Waals surface area contributed by atoms with Crippen molar-refractivity contribution in [3.05, 3.63) is 59.2 Å². The van der Waals surface area contributed by atoms with Gasteiger partial charge < -0.3 is 9.47 Å². The number of rotatable bonds is 3. The van der Waals surface area contributed by atoms with Crippen LogP contribution in [-0.4, -0.2) is 39.4 Å². The molecule has 0 bridgehead atoms. The minimum absolute atomic E-state index is 0.119. The van der Waals surface area contributed by atoms with Gasteiger partial charge in [-0.1, -0.05) is 24.1 Å². The zero-order valence-electron chi connectivity index (χ0n) is 19.4. The fraction of sp³-hybridized carbons (Fsp3) is 0.346. The third-order valence-corrected chi connectivity index (χ3v) is 6.12. The van der Waals surface area contributed by atoms with Crippen molar-refractivity contribution in [2.75, 3.05) is 18.4 Å². The maximum atomic E-state index is 13.2. The number of likely N-dealkylation sites (tertiary alicyclic amines) is 1. The molecule has 35 heavy (non-hydrogen) atoms. The topological polar surface area (TPSA) is 67.2 Å². The predicted octanol–water partition coefficient (Wildman–Crippen LogP) is 5.19. The van der Waals surface area contributed by atoms with Crippen molar-refractivity contribution >= 4 is 28.8 Å². The zero-order valence-corrected chi connectivity index (χ0v) is 19.4. The van der Waals surface area contributed by atoms with Crippen LogP contribution in [0.4, 0.5) is 19.1 Å². The summed E-state index contributed by atoms with van der Waals surface area (Å²) in [5.41, 5.74) is 1.38. The molecule has 2 amide bonds. The number of hydrogen-bond acceptors (Lipinski definition) is 3. The number of amides is 2. The van der Waals surface area contributed by atoms with Gasteiger partial charge in [0, 0.05) is 18.7 Å². The second-order valence-corrected chi connectivity index (χ2v) is 8.56. The van der Waals surface area contributed by atoms with Crippen molar-refractivity contribution in [2.45, 2.75) is 45.3 Å². The van der Waals surface area contributed by atoms with E-state index in [1.807, 2.05) is 29.7 Å².